The molecule has 0 aromatic heterocycles. The number of carbonyl (C=O) groups excluding carboxylic acids is 1. The van der Waals surface area contributed by atoms with E-state index in [9.17, 15) is 13.6 Å². The summed E-state index contributed by atoms with van der Waals surface area (Å²) in [4.78, 5) is 18.9. The molecule has 152 valence electrons. The number of benzene rings is 2. The summed E-state index contributed by atoms with van der Waals surface area (Å²) in [6.45, 7) is 4.96. The third kappa shape index (κ3) is 5.23. The molecule has 1 fully saturated rings. The van der Waals surface area contributed by atoms with Crippen molar-refractivity contribution < 1.29 is 18.3 Å². The van der Waals surface area contributed by atoms with Crippen molar-refractivity contribution in [3.63, 3.8) is 0 Å². The van der Waals surface area contributed by atoms with E-state index in [4.69, 9.17) is 4.74 Å². The monoisotopic (exact) mass is 416 g/mol. The fourth-order valence-electron chi connectivity index (χ4n) is 2.73. The number of ether oxygens (including phenoxy) is 1. The Labute approximate surface area is 173 Å². The van der Waals surface area contributed by atoms with Crippen LogP contribution in [0, 0.1) is 11.6 Å². The lowest BCUT2D eigenvalue weighted by Gasteiger charge is -2.12. The number of hydrogen-bond donors (Lipinski definition) is 0. The Kier molecular flexibility index (Phi) is 7.04. The molecular formula is C22H22F2N2O2S. The fourth-order valence-corrected chi connectivity index (χ4v) is 3.78. The molecule has 29 heavy (non-hydrogen) atoms. The summed E-state index contributed by atoms with van der Waals surface area (Å²) in [6.07, 6.45) is 3.80. The van der Waals surface area contributed by atoms with Gasteiger partial charge in [-0.2, -0.15) is 0 Å². The van der Waals surface area contributed by atoms with Gasteiger partial charge in [0.1, 0.15) is 17.3 Å². The molecule has 0 N–H and O–H groups in total. The van der Waals surface area contributed by atoms with Gasteiger partial charge >= 0.3 is 0 Å². The topological polar surface area (TPSA) is 41.9 Å². The maximum atomic E-state index is 14.0. The number of halogens is 2. The lowest BCUT2D eigenvalue weighted by Crippen LogP contribution is -2.28. The average molecular weight is 416 g/mol. The molecule has 0 radical (unpaired) electrons. The van der Waals surface area contributed by atoms with Gasteiger partial charge in [-0.05, 0) is 61.0 Å². The van der Waals surface area contributed by atoms with Gasteiger partial charge in [0, 0.05) is 12.6 Å². The van der Waals surface area contributed by atoms with E-state index in [-0.39, 0.29) is 11.6 Å². The Hall–Kier alpha value is -2.67. The molecule has 1 aliphatic rings. The number of carbonyl (C=O) groups is 1. The van der Waals surface area contributed by atoms with Crippen molar-refractivity contribution >= 4 is 34.6 Å². The normalized spacial score (nSPS) is 16.8. The van der Waals surface area contributed by atoms with Crippen LogP contribution >= 0.6 is 11.8 Å². The van der Waals surface area contributed by atoms with Crippen LogP contribution in [-0.4, -0.2) is 29.1 Å². The minimum absolute atomic E-state index is 0.00674. The highest BCUT2D eigenvalue weighted by atomic mass is 32.2. The lowest BCUT2D eigenvalue weighted by atomic mass is 10.2. The number of nitrogens with zero attached hydrogens (tertiary/aromatic N) is 2. The highest BCUT2D eigenvalue weighted by molar-refractivity contribution is 8.18. The van der Waals surface area contributed by atoms with Crippen LogP contribution in [0.15, 0.2) is 52.4 Å². The number of thioether (sulfide) groups is 1. The number of unbranched alkanes of at least 4 members (excludes halogenated alkanes) is 1. The van der Waals surface area contributed by atoms with E-state index in [1.807, 2.05) is 31.2 Å². The number of amides is 1. The number of aliphatic imine (C=N–C) groups is 1. The maximum Gasteiger partial charge on any atom is 0.266 e. The van der Waals surface area contributed by atoms with Gasteiger partial charge in [-0.15, -0.1) is 0 Å². The zero-order chi connectivity index (χ0) is 20.8. The van der Waals surface area contributed by atoms with Crippen molar-refractivity contribution in [3.8, 4) is 5.75 Å². The van der Waals surface area contributed by atoms with Gasteiger partial charge in [0.2, 0.25) is 0 Å². The first-order valence-electron chi connectivity index (χ1n) is 9.49. The summed E-state index contributed by atoms with van der Waals surface area (Å²) in [6, 6.07) is 10.7. The van der Waals surface area contributed by atoms with E-state index in [1.54, 1.807) is 6.08 Å². The van der Waals surface area contributed by atoms with Crippen molar-refractivity contribution in [1.82, 2.24) is 4.90 Å². The second-order valence-corrected chi connectivity index (χ2v) is 7.43. The van der Waals surface area contributed by atoms with Gasteiger partial charge in [-0.3, -0.25) is 9.69 Å². The van der Waals surface area contributed by atoms with Crippen LogP contribution in [0.5, 0.6) is 5.75 Å². The SMILES string of the molecule is CCCCOc1cccc(/C=C2/SC(=Nc3ccc(F)cc3F)N(CC)C2=O)c1. The summed E-state index contributed by atoms with van der Waals surface area (Å²) in [5.74, 6) is -0.888. The molecule has 1 amide bonds. The van der Waals surface area contributed by atoms with Crippen molar-refractivity contribution in [3.05, 3.63) is 64.6 Å². The van der Waals surface area contributed by atoms with Gasteiger partial charge in [0.15, 0.2) is 11.0 Å². The van der Waals surface area contributed by atoms with E-state index in [1.165, 1.54) is 22.7 Å². The Morgan fingerprint density at radius 2 is 2.00 bits per heavy atom. The fraction of sp³-hybridized carbons (Fsp3) is 0.273. The molecule has 0 spiro atoms. The summed E-state index contributed by atoms with van der Waals surface area (Å²) in [5.41, 5.74) is 0.827. The highest BCUT2D eigenvalue weighted by Gasteiger charge is 2.32. The smallest absolute Gasteiger partial charge is 0.266 e. The second kappa shape index (κ2) is 9.69. The van der Waals surface area contributed by atoms with Gasteiger partial charge < -0.3 is 4.74 Å². The summed E-state index contributed by atoms with van der Waals surface area (Å²) in [7, 11) is 0. The van der Waals surface area contributed by atoms with E-state index < -0.39 is 11.6 Å². The van der Waals surface area contributed by atoms with Crippen LogP contribution in [0.1, 0.15) is 32.3 Å². The minimum atomic E-state index is -0.768. The molecule has 0 atom stereocenters. The van der Waals surface area contributed by atoms with Crippen molar-refractivity contribution in [2.24, 2.45) is 4.99 Å². The predicted octanol–water partition coefficient (Wildman–Crippen LogP) is 5.77. The Morgan fingerprint density at radius 1 is 1.17 bits per heavy atom. The van der Waals surface area contributed by atoms with E-state index in [0.29, 0.717) is 23.2 Å². The molecule has 7 heteroatoms. The van der Waals surface area contributed by atoms with Crippen LogP contribution < -0.4 is 4.74 Å². The zero-order valence-electron chi connectivity index (χ0n) is 16.3. The summed E-state index contributed by atoms with van der Waals surface area (Å²) < 4.78 is 32.8. The van der Waals surface area contributed by atoms with E-state index in [0.717, 1.165) is 36.3 Å². The molecule has 0 unspecified atom stereocenters. The predicted molar refractivity (Wildman–Crippen MR) is 113 cm³/mol. The van der Waals surface area contributed by atoms with Crippen LogP contribution in [-0.2, 0) is 4.79 Å². The van der Waals surface area contributed by atoms with Crippen LogP contribution in [0.3, 0.4) is 0 Å². The van der Waals surface area contributed by atoms with E-state index >= 15 is 0 Å². The van der Waals surface area contributed by atoms with Crippen molar-refractivity contribution in [1.29, 1.82) is 0 Å². The quantitative estimate of drug-likeness (QED) is 0.425. The largest absolute Gasteiger partial charge is 0.494 e. The molecule has 0 bridgehead atoms. The lowest BCUT2D eigenvalue weighted by molar-refractivity contribution is -0.122. The number of likely N-dealkylation sites (N-methyl/N-ethyl adjacent to an activating group) is 1. The number of rotatable bonds is 7. The molecule has 1 heterocycles. The van der Waals surface area contributed by atoms with Gasteiger partial charge in [-0.25, -0.2) is 13.8 Å². The standard InChI is InChI=1S/C22H22F2N2O2S/c1-3-5-11-28-17-8-6-7-15(12-17)13-20-21(27)26(4-2)22(29-20)25-19-10-9-16(23)14-18(19)24/h6-10,12-14H,3-5,11H2,1-2H3/b20-13+,25-22?. The minimum Gasteiger partial charge on any atom is -0.494 e. The second-order valence-electron chi connectivity index (χ2n) is 6.42. The van der Waals surface area contributed by atoms with Crippen LogP contribution in [0.4, 0.5) is 14.5 Å². The molecular weight excluding hydrogens is 394 g/mol. The van der Waals surface area contributed by atoms with Crippen molar-refractivity contribution in [2.45, 2.75) is 26.7 Å². The third-order valence-corrected chi connectivity index (χ3v) is 5.26. The summed E-state index contributed by atoms with van der Waals surface area (Å²) >= 11 is 1.17. The Morgan fingerprint density at radius 3 is 2.72 bits per heavy atom. The highest BCUT2D eigenvalue weighted by Crippen LogP contribution is 2.34. The zero-order valence-corrected chi connectivity index (χ0v) is 17.1. The van der Waals surface area contributed by atoms with Gasteiger partial charge in [0.05, 0.1) is 11.5 Å². The van der Waals surface area contributed by atoms with Crippen molar-refractivity contribution in [2.75, 3.05) is 13.2 Å². The molecule has 1 saturated heterocycles. The van der Waals surface area contributed by atoms with Crippen LogP contribution in [0.2, 0.25) is 0 Å². The molecule has 4 nitrogen and oxygen atoms in total. The molecule has 2 aromatic rings. The van der Waals surface area contributed by atoms with E-state index in [2.05, 4.69) is 11.9 Å². The number of amidine groups is 1. The maximum absolute atomic E-state index is 14.0. The first-order valence-corrected chi connectivity index (χ1v) is 10.3. The average Bonchev–Trinajstić information content (AvgIpc) is 2.99. The molecule has 1 aliphatic heterocycles. The van der Waals surface area contributed by atoms with Gasteiger partial charge in [-0.1, -0.05) is 25.5 Å². The number of hydrogen-bond acceptors (Lipinski definition) is 4. The Bertz CT molecular complexity index is 960. The Balaban J connectivity index is 1.85. The molecule has 0 saturated carbocycles. The van der Waals surface area contributed by atoms with Gasteiger partial charge in [0.25, 0.3) is 5.91 Å². The molecule has 0 aliphatic carbocycles. The third-order valence-electron chi connectivity index (χ3n) is 4.25. The first-order chi connectivity index (χ1) is 14.0. The van der Waals surface area contributed by atoms with Crippen LogP contribution in [0.25, 0.3) is 6.08 Å². The summed E-state index contributed by atoms with van der Waals surface area (Å²) in [5, 5.41) is 0.365. The molecule has 2 aromatic carbocycles. The molecule has 3 rings (SSSR count). The first kappa shape index (κ1) is 21.0.